The van der Waals surface area contributed by atoms with Crippen LogP contribution < -0.4 is 5.32 Å². The second-order valence-corrected chi connectivity index (χ2v) is 8.44. The highest BCUT2D eigenvalue weighted by molar-refractivity contribution is 5.94. The molecule has 28 heavy (non-hydrogen) atoms. The van der Waals surface area contributed by atoms with E-state index in [9.17, 15) is 4.79 Å². The first kappa shape index (κ1) is 17.4. The molecule has 3 nitrogen and oxygen atoms in total. The van der Waals surface area contributed by atoms with Crippen molar-refractivity contribution in [3.8, 4) is 0 Å². The van der Waals surface area contributed by atoms with Crippen LogP contribution in [0.5, 0.6) is 0 Å². The summed E-state index contributed by atoms with van der Waals surface area (Å²) in [4.78, 5) is 17.2. The van der Waals surface area contributed by atoms with E-state index in [4.69, 9.17) is 0 Å². The maximum absolute atomic E-state index is 12.7. The molecule has 2 saturated carbocycles. The number of fused-ring (bicyclic) bond motifs is 1. The standard InChI is InChI=1S/C25H26N2O/c28-24(19-6-2-1-3-7-19)27-25(15-16-25)20-12-10-18(11-13-20)21-14-17-26-23-9-5-4-8-22(21)23/h1-9,14,17-18,20H,10-13,15-16H2,(H,27,28)/t18-,20-. The minimum atomic E-state index is 0.0399. The molecule has 0 saturated heterocycles. The zero-order valence-electron chi connectivity index (χ0n) is 16.1. The lowest BCUT2D eigenvalue weighted by Crippen LogP contribution is -2.43. The van der Waals surface area contributed by atoms with Crippen molar-refractivity contribution in [3.63, 3.8) is 0 Å². The minimum absolute atomic E-state index is 0.0399. The predicted octanol–water partition coefficient (Wildman–Crippen LogP) is 5.47. The molecule has 2 aromatic carbocycles. The fourth-order valence-corrected chi connectivity index (χ4v) is 5.09. The molecule has 142 valence electrons. The number of aromatic nitrogens is 1. The number of hydrogen-bond acceptors (Lipinski definition) is 2. The van der Waals surface area contributed by atoms with Crippen molar-refractivity contribution in [2.75, 3.05) is 0 Å². The number of carbonyl (C=O) groups is 1. The van der Waals surface area contributed by atoms with Gasteiger partial charge in [-0.1, -0.05) is 36.4 Å². The summed E-state index contributed by atoms with van der Waals surface area (Å²) in [5.41, 5.74) is 3.35. The van der Waals surface area contributed by atoms with Crippen molar-refractivity contribution in [3.05, 3.63) is 78.0 Å². The Morgan fingerprint density at radius 1 is 0.893 bits per heavy atom. The van der Waals surface area contributed by atoms with Gasteiger partial charge in [-0.2, -0.15) is 0 Å². The molecule has 0 unspecified atom stereocenters. The molecule has 2 fully saturated rings. The second kappa shape index (κ2) is 7.05. The number of hydrogen-bond donors (Lipinski definition) is 1. The first-order chi connectivity index (χ1) is 13.8. The first-order valence-corrected chi connectivity index (χ1v) is 10.5. The van der Waals surface area contributed by atoms with Gasteiger partial charge in [0, 0.05) is 22.7 Å². The lowest BCUT2D eigenvalue weighted by Gasteiger charge is -2.35. The molecule has 0 radical (unpaired) electrons. The number of pyridine rings is 1. The molecule has 1 heterocycles. The molecule has 1 amide bonds. The van der Waals surface area contributed by atoms with E-state index in [1.807, 2.05) is 36.5 Å². The van der Waals surface area contributed by atoms with Crippen molar-refractivity contribution in [1.82, 2.24) is 10.3 Å². The summed E-state index contributed by atoms with van der Waals surface area (Å²) in [5, 5.41) is 4.69. The van der Waals surface area contributed by atoms with E-state index in [1.54, 1.807) is 0 Å². The summed E-state index contributed by atoms with van der Waals surface area (Å²) in [5.74, 6) is 1.29. The van der Waals surface area contributed by atoms with Gasteiger partial charge in [0.2, 0.25) is 0 Å². The lowest BCUT2D eigenvalue weighted by atomic mass is 9.74. The fraction of sp³-hybridized carbons (Fsp3) is 0.360. The van der Waals surface area contributed by atoms with Gasteiger partial charge in [-0.3, -0.25) is 9.78 Å². The number of rotatable bonds is 4. The Bertz CT molecular complexity index is 980. The van der Waals surface area contributed by atoms with Crippen LogP contribution in [0.15, 0.2) is 66.9 Å². The van der Waals surface area contributed by atoms with Crippen molar-refractivity contribution in [2.24, 2.45) is 5.92 Å². The van der Waals surface area contributed by atoms with Crippen LogP contribution in [-0.4, -0.2) is 16.4 Å². The van der Waals surface area contributed by atoms with Gasteiger partial charge >= 0.3 is 0 Å². The number of amides is 1. The molecule has 2 aliphatic rings. The molecule has 3 heteroatoms. The van der Waals surface area contributed by atoms with E-state index < -0.39 is 0 Å². The molecule has 0 atom stereocenters. The molecule has 2 aliphatic carbocycles. The summed E-state index contributed by atoms with van der Waals surface area (Å²) in [6.45, 7) is 0. The van der Waals surface area contributed by atoms with Crippen molar-refractivity contribution in [1.29, 1.82) is 0 Å². The van der Waals surface area contributed by atoms with Crippen LogP contribution in [0.3, 0.4) is 0 Å². The Hall–Kier alpha value is -2.68. The van der Waals surface area contributed by atoms with E-state index in [2.05, 4.69) is 40.6 Å². The highest BCUT2D eigenvalue weighted by Gasteiger charge is 2.51. The van der Waals surface area contributed by atoms with Crippen LogP contribution in [0.25, 0.3) is 10.9 Å². The monoisotopic (exact) mass is 370 g/mol. The third-order valence-corrected chi connectivity index (χ3v) is 6.82. The molecular weight excluding hydrogens is 344 g/mol. The maximum atomic E-state index is 12.7. The van der Waals surface area contributed by atoms with Crippen LogP contribution in [0, 0.1) is 5.92 Å². The van der Waals surface area contributed by atoms with Gasteiger partial charge in [-0.25, -0.2) is 0 Å². The Labute approximate surface area is 166 Å². The van der Waals surface area contributed by atoms with Gasteiger partial charge in [0.25, 0.3) is 5.91 Å². The van der Waals surface area contributed by atoms with Gasteiger partial charge < -0.3 is 5.32 Å². The summed E-state index contributed by atoms with van der Waals surface area (Å²) < 4.78 is 0. The highest BCUT2D eigenvalue weighted by Crippen LogP contribution is 2.51. The normalized spacial score (nSPS) is 23.3. The van der Waals surface area contributed by atoms with Crippen LogP contribution in [0.2, 0.25) is 0 Å². The SMILES string of the molecule is O=C(NC1([C@H]2CC[C@H](c3ccnc4ccccc43)CC2)CC1)c1ccccc1. The highest BCUT2D eigenvalue weighted by atomic mass is 16.1. The summed E-state index contributed by atoms with van der Waals surface area (Å²) in [7, 11) is 0. The first-order valence-electron chi connectivity index (χ1n) is 10.5. The molecule has 0 bridgehead atoms. The van der Waals surface area contributed by atoms with Crippen LogP contribution >= 0.6 is 0 Å². The van der Waals surface area contributed by atoms with Crippen molar-refractivity contribution < 1.29 is 4.79 Å². The molecule has 1 aromatic heterocycles. The number of para-hydroxylation sites is 1. The van der Waals surface area contributed by atoms with Crippen LogP contribution in [0.1, 0.15) is 60.4 Å². The molecule has 1 N–H and O–H groups in total. The fourth-order valence-electron chi connectivity index (χ4n) is 5.09. The van der Waals surface area contributed by atoms with Gasteiger partial charge in [-0.05, 0) is 80.2 Å². The molecule has 3 aromatic rings. The van der Waals surface area contributed by atoms with Gasteiger partial charge in [0.05, 0.1) is 5.52 Å². The van der Waals surface area contributed by atoms with Gasteiger partial charge in [0.15, 0.2) is 0 Å². The Kier molecular flexibility index (Phi) is 4.38. The van der Waals surface area contributed by atoms with Gasteiger partial charge in [-0.15, -0.1) is 0 Å². The molecular formula is C25H26N2O. The Morgan fingerprint density at radius 2 is 1.61 bits per heavy atom. The lowest BCUT2D eigenvalue weighted by molar-refractivity contribution is 0.0900. The zero-order valence-corrected chi connectivity index (χ0v) is 16.1. The van der Waals surface area contributed by atoms with E-state index >= 15 is 0 Å². The van der Waals surface area contributed by atoms with E-state index in [0.29, 0.717) is 11.8 Å². The number of benzene rings is 2. The topological polar surface area (TPSA) is 42.0 Å². The minimum Gasteiger partial charge on any atom is -0.346 e. The van der Waals surface area contributed by atoms with E-state index in [-0.39, 0.29) is 11.4 Å². The predicted molar refractivity (Wildman–Crippen MR) is 112 cm³/mol. The Morgan fingerprint density at radius 3 is 2.36 bits per heavy atom. The summed E-state index contributed by atoms with van der Waals surface area (Å²) >= 11 is 0. The number of nitrogens with one attached hydrogen (secondary N) is 1. The van der Waals surface area contributed by atoms with Crippen LogP contribution in [0.4, 0.5) is 0 Å². The molecule has 5 rings (SSSR count). The maximum Gasteiger partial charge on any atom is 0.251 e. The summed E-state index contributed by atoms with van der Waals surface area (Å²) in [6.07, 6.45) is 8.97. The average Bonchev–Trinajstić information content (AvgIpc) is 3.54. The number of carbonyl (C=O) groups excluding carboxylic acids is 1. The zero-order chi connectivity index (χ0) is 19.0. The van der Waals surface area contributed by atoms with E-state index in [1.165, 1.54) is 36.6 Å². The number of nitrogens with zero attached hydrogens (tertiary/aromatic N) is 1. The quantitative estimate of drug-likeness (QED) is 0.661. The van der Waals surface area contributed by atoms with Crippen molar-refractivity contribution >= 4 is 16.8 Å². The molecule has 0 spiro atoms. The third-order valence-electron chi connectivity index (χ3n) is 6.82. The Balaban J connectivity index is 1.27. The van der Waals surface area contributed by atoms with Crippen molar-refractivity contribution in [2.45, 2.75) is 50.0 Å². The summed E-state index contributed by atoms with van der Waals surface area (Å²) in [6, 6.07) is 20.3. The van der Waals surface area contributed by atoms with E-state index in [0.717, 1.165) is 23.9 Å². The smallest absolute Gasteiger partial charge is 0.251 e. The molecule has 0 aliphatic heterocycles. The second-order valence-electron chi connectivity index (χ2n) is 8.44. The largest absolute Gasteiger partial charge is 0.346 e. The third kappa shape index (κ3) is 3.19. The van der Waals surface area contributed by atoms with Gasteiger partial charge in [0.1, 0.15) is 0 Å². The van der Waals surface area contributed by atoms with Crippen LogP contribution in [-0.2, 0) is 0 Å². The average molecular weight is 370 g/mol.